The first-order valence-corrected chi connectivity index (χ1v) is 12.9. The molecule has 0 spiro atoms. The molecule has 1 unspecified atom stereocenters. The minimum absolute atomic E-state index is 0.0779. The summed E-state index contributed by atoms with van der Waals surface area (Å²) >= 11 is 5.62. The van der Waals surface area contributed by atoms with Crippen molar-refractivity contribution >= 4 is 64.8 Å². The molecule has 0 aliphatic carbocycles. The van der Waals surface area contributed by atoms with Crippen LogP contribution in [0, 0.1) is 0 Å². The quantitative estimate of drug-likeness (QED) is 0.259. The number of nitrogens with zero attached hydrogens (tertiary/aromatic N) is 2. The van der Waals surface area contributed by atoms with Crippen LogP contribution < -0.4 is 0 Å². The smallest absolute Gasteiger partial charge is 0.128 e. The van der Waals surface area contributed by atoms with Crippen LogP contribution in [0.3, 0.4) is 0 Å². The summed E-state index contributed by atoms with van der Waals surface area (Å²) in [5.41, 5.74) is 5.22. The molecular weight excluding hydrogens is 424 g/mol. The van der Waals surface area contributed by atoms with E-state index in [0.717, 1.165) is 16.3 Å². The lowest BCUT2D eigenvalue weighted by molar-refractivity contribution is 0.597. The lowest BCUT2D eigenvalue weighted by atomic mass is 9.85. The van der Waals surface area contributed by atoms with Crippen LogP contribution in [0.4, 0.5) is 0 Å². The highest BCUT2D eigenvalue weighted by atomic mass is 32.2. The van der Waals surface area contributed by atoms with E-state index in [4.69, 9.17) is 4.98 Å². The van der Waals surface area contributed by atoms with E-state index in [2.05, 4.69) is 68.4 Å². The summed E-state index contributed by atoms with van der Waals surface area (Å²) in [6.07, 6.45) is 1.73. The third-order valence-electron chi connectivity index (χ3n) is 6.06. The van der Waals surface area contributed by atoms with Crippen LogP contribution in [0.15, 0.2) is 46.9 Å². The second-order valence-corrected chi connectivity index (χ2v) is 12.2. The van der Waals surface area contributed by atoms with Crippen molar-refractivity contribution in [3.8, 4) is 11.3 Å². The molecule has 150 valence electrons. The number of fused-ring (bicyclic) bond motifs is 6. The van der Waals surface area contributed by atoms with E-state index < -0.39 is 0 Å². The molecule has 1 aliphatic rings. The van der Waals surface area contributed by atoms with Crippen molar-refractivity contribution in [1.29, 1.82) is 0 Å². The van der Waals surface area contributed by atoms with Gasteiger partial charge in [0.05, 0.1) is 5.69 Å². The fourth-order valence-electron chi connectivity index (χ4n) is 4.52. The zero-order chi connectivity index (χ0) is 20.6. The second kappa shape index (κ2) is 6.52. The molecule has 0 saturated heterocycles. The largest absolute Gasteiger partial charge is 0.236 e. The fourth-order valence-corrected chi connectivity index (χ4v) is 8.13. The van der Waals surface area contributed by atoms with Gasteiger partial charge in [-0.1, -0.05) is 33.8 Å². The lowest BCUT2D eigenvalue weighted by Crippen LogP contribution is -2.11. The molecule has 0 fully saturated rings. The first-order chi connectivity index (χ1) is 14.4. The Hall–Kier alpha value is -1.95. The van der Waals surface area contributed by atoms with Crippen LogP contribution in [-0.2, 0) is 5.41 Å². The Morgan fingerprint density at radius 1 is 1.03 bits per heavy atom. The van der Waals surface area contributed by atoms with Crippen molar-refractivity contribution in [2.75, 3.05) is 5.75 Å². The summed E-state index contributed by atoms with van der Waals surface area (Å²) in [5, 5.41) is 6.09. The van der Waals surface area contributed by atoms with Gasteiger partial charge in [0.25, 0.3) is 0 Å². The van der Waals surface area contributed by atoms with Gasteiger partial charge in [-0.15, -0.1) is 34.4 Å². The van der Waals surface area contributed by atoms with E-state index in [0.29, 0.717) is 5.92 Å². The predicted octanol–water partition coefficient (Wildman–Crippen LogP) is 8.23. The lowest BCUT2D eigenvalue weighted by Gasteiger charge is -2.21. The third-order valence-corrected chi connectivity index (χ3v) is 9.48. The molecule has 0 radical (unpaired) electrons. The van der Waals surface area contributed by atoms with Crippen LogP contribution >= 0.6 is 34.4 Å². The molecule has 5 heteroatoms. The molecule has 0 amide bonds. The Kier molecular flexibility index (Phi) is 4.09. The third kappa shape index (κ3) is 2.68. The van der Waals surface area contributed by atoms with E-state index in [1.54, 1.807) is 17.7 Å². The second-order valence-electron chi connectivity index (χ2n) is 9.19. The molecule has 0 N–H and O–H groups in total. The monoisotopic (exact) mass is 446 g/mol. The number of rotatable bonds is 1. The average Bonchev–Trinajstić information content (AvgIpc) is 3.42. The van der Waals surface area contributed by atoms with Gasteiger partial charge in [0.2, 0.25) is 0 Å². The molecule has 4 heterocycles. The first kappa shape index (κ1) is 18.8. The maximum Gasteiger partial charge on any atom is 0.128 e. The Labute approximate surface area is 188 Å². The van der Waals surface area contributed by atoms with Crippen LogP contribution in [-0.4, -0.2) is 15.7 Å². The molecular formula is C25H22N2S3. The van der Waals surface area contributed by atoms with Gasteiger partial charge in [-0.05, 0) is 57.5 Å². The molecule has 2 aromatic carbocycles. The van der Waals surface area contributed by atoms with E-state index in [-0.39, 0.29) is 5.41 Å². The number of thioether (sulfide) groups is 1. The average molecular weight is 447 g/mol. The molecule has 1 atom stereocenters. The number of aromatic nitrogens is 2. The minimum Gasteiger partial charge on any atom is -0.236 e. The fraction of sp³-hybridized carbons (Fsp3) is 0.280. The molecule has 30 heavy (non-hydrogen) atoms. The molecule has 2 nitrogen and oxygen atoms in total. The number of hydrogen-bond donors (Lipinski definition) is 0. The summed E-state index contributed by atoms with van der Waals surface area (Å²) in [7, 11) is 0. The molecule has 6 rings (SSSR count). The van der Waals surface area contributed by atoms with Crippen LogP contribution in [0.5, 0.6) is 0 Å². The van der Waals surface area contributed by atoms with Crippen molar-refractivity contribution in [2.24, 2.45) is 0 Å². The molecule has 0 saturated carbocycles. The van der Waals surface area contributed by atoms with Gasteiger partial charge in [-0.25, -0.2) is 9.97 Å². The van der Waals surface area contributed by atoms with E-state index in [1.165, 1.54) is 47.1 Å². The molecule has 3 aromatic heterocycles. The van der Waals surface area contributed by atoms with Gasteiger partial charge >= 0.3 is 0 Å². The number of benzene rings is 2. The van der Waals surface area contributed by atoms with Crippen molar-refractivity contribution in [3.63, 3.8) is 0 Å². The van der Waals surface area contributed by atoms with Gasteiger partial charge in [-0.3, -0.25) is 0 Å². The Morgan fingerprint density at radius 2 is 1.90 bits per heavy atom. The Balaban J connectivity index is 1.72. The Bertz CT molecular complexity index is 1450. The van der Waals surface area contributed by atoms with Gasteiger partial charge in [0.1, 0.15) is 11.2 Å². The van der Waals surface area contributed by atoms with Crippen LogP contribution in [0.25, 0.3) is 41.6 Å². The Morgan fingerprint density at radius 3 is 2.73 bits per heavy atom. The SMILES string of the molecule is CC1CSc2c1ccc1sc3ncnc(-c4cc(C(C)(C)C)c5sccc5c4)c3c21. The summed E-state index contributed by atoms with van der Waals surface area (Å²) in [6, 6.07) is 11.5. The highest BCUT2D eigenvalue weighted by Crippen LogP contribution is 2.49. The molecule has 1 aliphatic heterocycles. The maximum atomic E-state index is 4.85. The van der Waals surface area contributed by atoms with Crippen LogP contribution in [0.2, 0.25) is 0 Å². The summed E-state index contributed by atoms with van der Waals surface area (Å²) < 4.78 is 2.71. The highest BCUT2D eigenvalue weighted by Gasteiger charge is 2.26. The van der Waals surface area contributed by atoms with Gasteiger partial charge in [0.15, 0.2) is 0 Å². The summed E-state index contributed by atoms with van der Waals surface area (Å²) in [4.78, 5) is 12.0. The number of thiophene rings is 2. The zero-order valence-electron chi connectivity index (χ0n) is 17.4. The molecule has 5 aromatic rings. The van der Waals surface area contributed by atoms with E-state index in [9.17, 15) is 0 Å². The standard InChI is InChI=1S/C25H22N2S3/c1-13-11-29-23-16(13)5-6-18-19(23)20-21(26-12-27-24(20)30-18)15-9-14-7-8-28-22(14)17(10-15)25(2,3)4/h5-10,12-13H,11H2,1-4H3. The predicted molar refractivity (Wildman–Crippen MR) is 134 cm³/mol. The van der Waals surface area contributed by atoms with Crippen molar-refractivity contribution < 1.29 is 0 Å². The topological polar surface area (TPSA) is 25.8 Å². The molecule has 0 bridgehead atoms. The van der Waals surface area contributed by atoms with Crippen molar-refractivity contribution in [2.45, 2.75) is 43.9 Å². The normalized spacial score (nSPS) is 16.7. The summed E-state index contributed by atoms with van der Waals surface area (Å²) in [6.45, 7) is 9.22. The van der Waals surface area contributed by atoms with Gasteiger partial charge in [0, 0.05) is 36.4 Å². The van der Waals surface area contributed by atoms with E-state index in [1.807, 2.05) is 23.1 Å². The maximum absolute atomic E-state index is 4.85. The van der Waals surface area contributed by atoms with Gasteiger partial charge < -0.3 is 0 Å². The first-order valence-electron chi connectivity index (χ1n) is 10.3. The summed E-state index contributed by atoms with van der Waals surface area (Å²) in [5.74, 6) is 1.76. The minimum atomic E-state index is 0.0779. The highest BCUT2D eigenvalue weighted by molar-refractivity contribution is 8.00. The zero-order valence-corrected chi connectivity index (χ0v) is 19.9. The van der Waals surface area contributed by atoms with Gasteiger partial charge in [-0.2, -0.15) is 0 Å². The van der Waals surface area contributed by atoms with Crippen molar-refractivity contribution in [3.05, 3.63) is 53.2 Å². The number of hydrogen-bond acceptors (Lipinski definition) is 5. The van der Waals surface area contributed by atoms with Crippen molar-refractivity contribution in [1.82, 2.24) is 9.97 Å². The van der Waals surface area contributed by atoms with E-state index >= 15 is 0 Å². The van der Waals surface area contributed by atoms with Crippen LogP contribution in [0.1, 0.15) is 44.7 Å².